The Labute approximate surface area is 190 Å². The van der Waals surface area contributed by atoms with Gasteiger partial charge in [-0.1, -0.05) is 12.1 Å². The van der Waals surface area contributed by atoms with Gasteiger partial charge in [0.2, 0.25) is 0 Å². The van der Waals surface area contributed by atoms with Crippen molar-refractivity contribution in [1.82, 2.24) is 14.5 Å². The van der Waals surface area contributed by atoms with E-state index < -0.39 is 0 Å². The molecule has 0 amide bonds. The van der Waals surface area contributed by atoms with E-state index in [2.05, 4.69) is 9.88 Å². The van der Waals surface area contributed by atoms with E-state index in [1.807, 2.05) is 23.6 Å². The van der Waals surface area contributed by atoms with Gasteiger partial charge < -0.3 is 4.90 Å². The largest absolute Gasteiger partial charge is 0.328 e. The van der Waals surface area contributed by atoms with Crippen LogP contribution in [-0.2, 0) is 18.4 Å². The standard InChI is InChI=1S/C23H24FN3O2S.ClH/c24-17-4-5-19-16(13-17)6-7-23(19)8-11-26(15-23)9-2-10-27-14-18(20-3-1-12-30-20)21(28)25-22(27)29;/h1,3-5,12-14H,2,6-11,15H2,(H,25,28,29);1H. The molecule has 0 bridgehead atoms. The number of hydrogen-bond donors (Lipinski definition) is 1. The first-order valence-electron chi connectivity index (χ1n) is 10.4. The molecule has 2 aliphatic rings. The van der Waals surface area contributed by atoms with Crippen molar-refractivity contribution in [2.75, 3.05) is 19.6 Å². The van der Waals surface area contributed by atoms with Gasteiger partial charge in [0.25, 0.3) is 5.56 Å². The molecule has 3 aromatic rings. The van der Waals surface area contributed by atoms with Gasteiger partial charge in [0.15, 0.2) is 0 Å². The Morgan fingerprint density at radius 1 is 1.16 bits per heavy atom. The third kappa shape index (κ3) is 4.14. The molecule has 5 nitrogen and oxygen atoms in total. The lowest BCUT2D eigenvalue weighted by Crippen LogP contribution is -2.32. The van der Waals surface area contributed by atoms with Crippen LogP contribution >= 0.6 is 23.7 Å². The Morgan fingerprint density at radius 2 is 2.03 bits per heavy atom. The van der Waals surface area contributed by atoms with Crippen molar-refractivity contribution in [3.05, 3.63) is 79.7 Å². The van der Waals surface area contributed by atoms with Gasteiger partial charge in [-0.2, -0.15) is 0 Å². The minimum atomic E-state index is -0.357. The fraction of sp³-hybridized carbons (Fsp3) is 0.391. The molecule has 1 aliphatic carbocycles. The highest BCUT2D eigenvalue weighted by atomic mass is 35.5. The predicted octanol–water partition coefficient (Wildman–Crippen LogP) is 3.81. The fourth-order valence-electron chi connectivity index (χ4n) is 5.12. The third-order valence-electron chi connectivity index (χ3n) is 6.62. The van der Waals surface area contributed by atoms with Crippen LogP contribution < -0.4 is 11.2 Å². The number of nitrogens with zero attached hydrogens (tertiary/aromatic N) is 2. The minimum Gasteiger partial charge on any atom is -0.302 e. The van der Waals surface area contributed by atoms with Crippen LogP contribution in [0.1, 0.15) is 30.4 Å². The van der Waals surface area contributed by atoms with Crippen LogP contribution in [0.5, 0.6) is 0 Å². The highest BCUT2D eigenvalue weighted by Crippen LogP contribution is 2.45. The van der Waals surface area contributed by atoms with Crippen molar-refractivity contribution in [3.8, 4) is 10.4 Å². The summed E-state index contributed by atoms with van der Waals surface area (Å²) in [6.07, 6.45) is 5.67. The van der Waals surface area contributed by atoms with Gasteiger partial charge in [-0.15, -0.1) is 23.7 Å². The number of aryl methyl sites for hydroxylation is 2. The first kappa shape index (κ1) is 22.0. The molecule has 1 aromatic carbocycles. The van der Waals surface area contributed by atoms with E-state index in [-0.39, 0.29) is 34.9 Å². The summed E-state index contributed by atoms with van der Waals surface area (Å²) >= 11 is 1.49. The molecule has 1 saturated heterocycles. The molecule has 0 saturated carbocycles. The number of thiophene rings is 1. The average Bonchev–Trinajstić information content (AvgIpc) is 3.45. The summed E-state index contributed by atoms with van der Waals surface area (Å²) in [5, 5.41) is 1.92. The fourth-order valence-corrected chi connectivity index (χ4v) is 5.85. The van der Waals surface area contributed by atoms with E-state index >= 15 is 0 Å². The normalized spacial score (nSPS) is 20.2. The lowest BCUT2D eigenvalue weighted by atomic mass is 9.81. The summed E-state index contributed by atoms with van der Waals surface area (Å²) in [5.74, 6) is -0.145. The van der Waals surface area contributed by atoms with Crippen molar-refractivity contribution in [2.24, 2.45) is 0 Å². The summed E-state index contributed by atoms with van der Waals surface area (Å²) in [7, 11) is 0. The highest BCUT2D eigenvalue weighted by molar-refractivity contribution is 7.13. The van der Waals surface area contributed by atoms with Gasteiger partial charge >= 0.3 is 5.69 Å². The summed E-state index contributed by atoms with van der Waals surface area (Å²) in [6.45, 7) is 3.49. The monoisotopic (exact) mass is 461 g/mol. The van der Waals surface area contributed by atoms with Crippen LogP contribution in [0.25, 0.3) is 10.4 Å². The molecule has 1 fully saturated rings. The van der Waals surface area contributed by atoms with E-state index in [1.54, 1.807) is 22.9 Å². The van der Waals surface area contributed by atoms with Crippen LogP contribution in [0, 0.1) is 5.82 Å². The second-order valence-corrected chi connectivity index (χ2v) is 9.38. The number of benzene rings is 1. The summed E-state index contributed by atoms with van der Waals surface area (Å²) in [6, 6.07) is 9.04. The number of rotatable bonds is 5. The van der Waals surface area contributed by atoms with Gasteiger partial charge in [-0.3, -0.25) is 14.3 Å². The van der Waals surface area contributed by atoms with Crippen LogP contribution in [0.3, 0.4) is 0 Å². The van der Waals surface area contributed by atoms with E-state index in [9.17, 15) is 14.0 Å². The number of aromatic amines is 1. The van der Waals surface area contributed by atoms with Crippen molar-refractivity contribution in [2.45, 2.75) is 37.6 Å². The van der Waals surface area contributed by atoms with Gasteiger partial charge in [-0.05, 0) is 73.5 Å². The lowest BCUT2D eigenvalue weighted by Gasteiger charge is -2.25. The predicted molar refractivity (Wildman–Crippen MR) is 124 cm³/mol. The number of likely N-dealkylation sites (tertiary alicyclic amines) is 1. The lowest BCUT2D eigenvalue weighted by molar-refractivity contribution is 0.298. The minimum absolute atomic E-state index is 0. The van der Waals surface area contributed by atoms with Gasteiger partial charge in [0.05, 0.1) is 5.56 Å². The van der Waals surface area contributed by atoms with Crippen molar-refractivity contribution >= 4 is 23.7 Å². The number of nitrogens with one attached hydrogen (secondary N) is 1. The molecule has 5 rings (SSSR count). The van der Waals surface area contributed by atoms with Crippen molar-refractivity contribution in [1.29, 1.82) is 0 Å². The zero-order valence-corrected chi connectivity index (χ0v) is 18.7. The molecule has 1 atom stereocenters. The number of hydrogen-bond acceptors (Lipinski definition) is 4. The first-order chi connectivity index (χ1) is 14.5. The molecule has 1 unspecified atom stereocenters. The maximum Gasteiger partial charge on any atom is 0.328 e. The second kappa shape index (κ2) is 8.73. The van der Waals surface area contributed by atoms with E-state index in [0.29, 0.717) is 12.1 Å². The molecule has 1 N–H and O–H groups in total. The maximum absolute atomic E-state index is 13.6. The zero-order valence-electron chi connectivity index (χ0n) is 17.1. The first-order valence-corrected chi connectivity index (χ1v) is 11.3. The summed E-state index contributed by atoms with van der Waals surface area (Å²) in [4.78, 5) is 30.1. The smallest absolute Gasteiger partial charge is 0.302 e. The van der Waals surface area contributed by atoms with Crippen LogP contribution in [0.2, 0.25) is 0 Å². The Balaban J connectivity index is 0.00000231. The third-order valence-corrected chi connectivity index (χ3v) is 7.52. The topological polar surface area (TPSA) is 58.1 Å². The van der Waals surface area contributed by atoms with E-state index in [0.717, 1.165) is 55.8 Å². The van der Waals surface area contributed by atoms with Crippen molar-refractivity contribution < 1.29 is 4.39 Å². The molecular weight excluding hydrogens is 437 g/mol. The van der Waals surface area contributed by atoms with Crippen molar-refractivity contribution in [3.63, 3.8) is 0 Å². The summed E-state index contributed by atoms with van der Waals surface area (Å²) in [5.41, 5.74) is 2.49. The average molecular weight is 462 g/mol. The Hall–Kier alpha value is -2.22. The van der Waals surface area contributed by atoms with E-state index in [4.69, 9.17) is 0 Å². The van der Waals surface area contributed by atoms with E-state index in [1.165, 1.54) is 16.9 Å². The molecule has 1 spiro atoms. The van der Waals surface area contributed by atoms with Gasteiger partial charge in [-0.25, -0.2) is 9.18 Å². The second-order valence-electron chi connectivity index (χ2n) is 8.43. The molecular formula is C23H25ClFN3O2S. The quantitative estimate of drug-likeness (QED) is 0.628. The number of H-pyrrole nitrogens is 1. The molecule has 3 heterocycles. The molecule has 31 heavy (non-hydrogen) atoms. The number of halogens is 2. The van der Waals surface area contributed by atoms with Gasteiger partial charge in [0.1, 0.15) is 5.82 Å². The van der Waals surface area contributed by atoms with Gasteiger partial charge in [0, 0.05) is 29.6 Å². The van der Waals surface area contributed by atoms with Crippen LogP contribution in [-0.4, -0.2) is 34.1 Å². The Bertz CT molecular complexity index is 1190. The Kier molecular flexibility index (Phi) is 6.19. The summed E-state index contributed by atoms with van der Waals surface area (Å²) < 4.78 is 15.2. The Morgan fingerprint density at radius 3 is 2.84 bits per heavy atom. The zero-order chi connectivity index (χ0) is 20.7. The van der Waals surface area contributed by atoms with Crippen LogP contribution in [0.4, 0.5) is 4.39 Å². The highest BCUT2D eigenvalue weighted by Gasteiger charge is 2.43. The maximum atomic E-state index is 13.6. The van der Waals surface area contributed by atoms with Crippen LogP contribution in [0.15, 0.2) is 51.5 Å². The number of aromatic nitrogens is 2. The SMILES string of the molecule is Cl.O=c1[nH]c(=O)n(CCCN2CCC3(CCc4cc(F)ccc43)C2)cc1-c1cccs1. The molecule has 164 valence electrons. The molecule has 1 aliphatic heterocycles. The molecule has 0 radical (unpaired) electrons. The molecule has 2 aromatic heterocycles. The number of fused-ring (bicyclic) bond motifs is 2. The molecule has 8 heteroatoms.